The Bertz CT molecular complexity index is 946. The number of imidazole rings is 1. The Balaban J connectivity index is 2.32. The van der Waals surface area contributed by atoms with Gasteiger partial charge in [-0.2, -0.15) is 4.98 Å². The van der Waals surface area contributed by atoms with Crippen molar-refractivity contribution in [3.63, 3.8) is 0 Å². The van der Waals surface area contributed by atoms with Gasteiger partial charge in [0.1, 0.15) is 16.5 Å². The highest BCUT2D eigenvalue weighted by atomic mass is 32.2. The first kappa shape index (κ1) is 21.9. The summed E-state index contributed by atoms with van der Waals surface area (Å²) in [6.07, 6.45) is 3.71. The molecular formula is C15H21N5O6S2. The summed E-state index contributed by atoms with van der Waals surface area (Å²) in [7, 11) is -4.01. The second-order valence-corrected chi connectivity index (χ2v) is 8.37. The smallest absolute Gasteiger partial charge is 0.334 e. The van der Waals surface area contributed by atoms with Gasteiger partial charge < -0.3 is 14.6 Å². The van der Waals surface area contributed by atoms with Crippen LogP contribution in [0.1, 0.15) is 39.5 Å². The van der Waals surface area contributed by atoms with Gasteiger partial charge in [-0.3, -0.25) is 4.79 Å². The highest BCUT2D eigenvalue weighted by Crippen LogP contribution is 2.27. The zero-order valence-corrected chi connectivity index (χ0v) is 17.3. The molecule has 0 saturated heterocycles. The van der Waals surface area contributed by atoms with Gasteiger partial charge in [0.25, 0.3) is 16.0 Å². The zero-order chi connectivity index (χ0) is 20.7. The lowest BCUT2D eigenvalue weighted by molar-refractivity contribution is -0.143. The fourth-order valence-electron chi connectivity index (χ4n) is 2.01. The molecule has 154 valence electrons. The molecule has 0 aliphatic heterocycles. The van der Waals surface area contributed by atoms with Gasteiger partial charge in [-0.25, -0.2) is 23.2 Å². The molecule has 0 bridgehead atoms. The lowest BCUT2D eigenvalue weighted by Crippen LogP contribution is -2.34. The number of nitrogens with zero attached hydrogens (tertiary/aromatic N) is 4. The first-order valence-electron chi connectivity index (χ1n) is 8.46. The minimum atomic E-state index is -4.01. The van der Waals surface area contributed by atoms with Gasteiger partial charge in [-0.15, -0.1) is 0 Å². The zero-order valence-electron chi connectivity index (χ0n) is 15.7. The van der Waals surface area contributed by atoms with E-state index >= 15 is 0 Å². The largest absolute Gasteiger partial charge is 0.454 e. The SMILES string of the molecule is CCCC(=O)OCSc1nc(N(OC(=O)CCC)S(C)(=O)=O)nc2nc[nH]c12. The van der Waals surface area contributed by atoms with Crippen LogP contribution in [0.5, 0.6) is 0 Å². The van der Waals surface area contributed by atoms with Crippen molar-refractivity contribution in [3.05, 3.63) is 6.33 Å². The van der Waals surface area contributed by atoms with E-state index in [0.29, 0.717) is 34.3 Å². The maximum Gasteiger partial charge on any atom is 0.334 e. The summed E-state index contributed by atoms with van der Waals surface area (Å²) in [4.78, 5) is 43.3. The summed E-state index contributed by atoms with van der Waals surface area (Å²) in [5, 5.41) is 0.294. The Morgan fingerprint density at radius 1 is 1.18 bits per heavy atom. The third-order valence-electron chi connectivity index (χ3n) is 3.21. The third-order valence-corrected chi connectivity index (χ3v) is 4.86. The monoisotopic (exact) mass is 431 g/mol. The highest BCUT2D eigenvalue weighted by molar-refractivity contribution is 7.99. The predicted octanol–water partition coefficient (Wildman–Crippen LogP) is 1.77. The van der Waals surface area contributed by atoms with Gasteiger partial charge in [-0.1, -0.05) is 30.1 Å². The Hall–Kier alpha value is -2.41. The van der Waals surface area contributed by atoms with Crippen molar-refractivity contribution in [1.29, 1.82) is 0 Å². The molecular weight excluding hydrogens is 410 g/mol. The summed E-state index contributed by atoms with van der Waals surface area (Å²) in [5.74, 6) is -1.48. The van der Waals surface area contributed by atoms with Crippen molar-refractivity contribution in [1.82, 2.24) is 19.9 Å². The van der Waals surface area contributed by atoms with Crippen molar-refractivity contribution >= 4 is 50.8 Å². The standard InChI is InChI=1S/C15H21N5O6S2/c1-4-6-10(21)25-9-27-14-12-13(17-8-16-12)18-15(19-14)20(28(3,23)24)26-11(22)7-5-2/h8H,4-7,9H2,1-3H3,(H,16,17,18,19). The Labute approximate surface area is 166 Å². The minimum absolute atomic E-state index is 0.0299. The molecule has 0 saturated carbocycles. The summed E-state index contributed by atoms with van der Waals surface area (Å²) < 4.78 is 29.6. The number of anilines is 1. The van der Waals surface area contributed by atoms with E-state index in [1.54, 1.807) is 6.92 Å². The summed E-state index contributed by atoms with van der Waals surface area (Å²) in [5.41, 5.74) is 0.612. The fourth-order valence-corrected chi connectivity index (χ4v) is 3.35. The van der Waals surface area contributed by atoms with Crippen LogP contribution in [-0.4, -0.2) is 52.5 Å². The number of H-pyrrole nitrogens is 1. The quantitative estimate of drug-likeness (QED) is 0.194. The highest BCUT2D eigenvalue weighted by Gasteiger charge is 2.27. The molecule has 0 aliphatic rings. The number of aromatic amines is 1. The van der Waals surface area contributed by atoms with E-state index in [4.69, 9.17) is 9.57 Å². The van der Waals surface area contributed by atoms with Crippen molar-refractivity contribution in [3.8, 4) is 0 Å². The number of fused-ring (bicyclic) bond motifs is 1. The van der Waals surface area contributed by atoms with Crippen molar-refractivity contribution in [2.45, 2.75) is 44.6 Å². The van der Waals surface area contributed by atoms with Gasteiger partial charge in [0.2, 0.25) is 0 Å². The maximum atomic E-state index is 12.1. The molecule has 1 N–H and O–H groups in total. The van der Waals surface area contributed by atoms with E-state index in [1.807, 2.05) is 6.92 Å². The molecule has 13 heteroatoms. The number of sulfonamides is 1. The van der Waals surface area contributed by atoms with Crippen LogP contribution in [0.4, 0.5) is 5.95 Å². The molecule has 0 fully saturated rings. The summed E-state index contributed by atoms with van der Waals surface area (Å²) in [6.45, 7) is 3.62. The van der Waals surface area contributed by atoms with Gasteiger partial charge >= 0.3 is 11.9 Å². The molecule has 2 aromatic rings. The predicted molar refractivity (Wildman–Crippen MR) is 102 cm³/mol. The van der Waals surface area contributed by atoms with Gasteiger partial charge in [0.05, 0.1) is 12.6 Å². The van der Waals surface area contributed by atoms with Gasteiger partial charge in [-0.05, 0) is 12.8 Å². The Morgan fingerprint density at radius 3 is 2.50 bits per heavy atom. The van der Waals surface area contributed by atoms with Crippen LogP contribution >= 0.6 is 11.8 Å². The van der Waals surface area contributed by atoms with Crippen LogP contribution in [0.3, 0.4) is 0 Å². The van der Waals surface area contributed by atoms with Gasteiger partial charge in [0.15, 0.2) is 5.65 Å². The molecule has 0 atom stereocenters. The third kappa shape index (κ3) is 5.79. The number of hydrogen-bond donors (Lipinski definition) is 1. The average Bonchev–Trinajstić information content (AvgIpc) is 3.08. The van der Waals surface area contributed by atoms with E-state index in [0.717, 1.165) is 18.0 Å². The molecule has 0 unspecified atom stereocenters. The van der Waals surface area contributed by atoms with E-state index < -0.39 is 16.0 Å². The summed E-state index contributed by atoms with van der Waals surface area (Å²) in [6, 6.07) is 0. The van der Waals surface area contributed by atoms with Crippen LogP contribution in [0, 0.1) is 0 Å². The number of hydrogen-bond acceptors (Lipinski definition) is 10. The average molecular weight is 431 g/mol. The minimum Gasteiger partial charge on any atom is -0.454 e. The first-order chi connectivity index (χ1) is 13.3. The van der Waals surface area contributed by atoms with Crippen molar-refractivity contribution < 1.29 is 27.6 Å². The van der Waals surface area contributed by atoms with Crippen LogP contribution in [-0.2, 0) is 29.2 Å². The van der Waals surface area contributed by atoms with Crippen LogP contribution in [0.15, 0.2) is 11.4 Å². The van der Waals surface area contributed by atoms with Crippen molar-refractivity contribution in [2.24, 2.45) is 0 Å². The van der Waals surface area contributed by atoms with Crippen LogP contribution < -0.4 is 4.47 Å². The first-order valence-corrected chi connectivity index (χ1v) is 11.3. The molecule has 2 rings (SSSR count). The number of aromatic nitrogens is 4. The Morgan fingerprint density at radius 2 is 1.86 bits per heavy atom. The van der Waals surface area contributed by atoms with Crippen LogP contribution in [0.25, 0.3) is 11.2 Å². The molecule has 0 radical (unpaired) electrons. The second kappa shape index (κ2) is 9.68. The number of rotatable bonds is 10. The fraction of sp³-hybridized carbons (Fsp3) is 0.533. The van der Waals surface area contributed by atoms with Gasteiger partial charge in [0, 0.05) is 12.8 Å². The lowest BCUT2D eigenvalue weighted by atomic mass is 10.3. The molecule has 28 heavy (non-hydrogen) atoms. The van der Waals surface area contributed by atoms with E-state index in [9.17, 15) is 18.0 Å². The normalized spacial score (nSPS) is 11.4. The molecule has 0 aromatic carbocycles. The maximum absolute atomic E-state index is 12.1. The number of ether oxygens (including phenoxy) is 1. The Kier molecular flexibility index (Phi) is 7.57. The van der Waals surface area contributed by atoms with E-state index in [-0.39, 0.29) is 29.9 Å². The number of carbonyl (C=O) groups excluding carboxylic acids is 2. The van der Waals surface area contributed by atoms with Crippen LogP contribution in [0.2, 0.25) is 0 Å². The van der Waals surface area contributed by atoms with Crippen molar-refractivity contribution in [2.75, 3.05) is 16.7 Å². The number of esters is 1. The molecule has 2 aromatic heterocycles. The summed E-state index contributed by atoms with van der Waals surface area (Å²) >= 11 is 1.05. The molecule has 0 spiro atoms. The van der Waals surface area contributed by atoms with E-state index in [2.05, 4.69) is 19.9 Å². The molecule has 2 heterocycles. The second-order valence-electron chi connectivity index (χ2n) is 5.66. The lowest BCUT2D eigenvalue weighted by Gasteiger charge is -2.18. The molecule has 0 amide bonds. The molecule has 11 nitrogen and oxygen atoms in total. The van der Waals surface area contributed by atoms with E-state index in [1.165, 1.54) is 6.33 Å². The molecule has 0 aliphatic carbocycles. The number of thioether (sulfide) groups is 1. The number of carbonyl (C=O) groups is 2. The number of nitrogens with one attached hydrogen (secondary N) is 1. The topological polar surface area (TPSA) is 144 Å².